The highest BCUT2D eigenvalue weighted by Gasteiger charge is 2.30. The molecule has 1 saturated heterocycles. The lowest BCUT2D eigenvalue weighted by Gasteiger charge is -2.18. The minimum absolute atomic E-state index is 0.374. The predicted molar refractivity (Wildman–Crippen MR) is 34.0 cm³/mol. The molecule has 4 nitrogen and oxygen atoms in total. The third-order valence-electron chi connectivity index (χ3n) is 0.952. The van der Waals surface area contributed by atoms with E-state index in [4.69, 9.17) is 6.42 Å². The summed E-state index contributed by atoms with van der Waals surface area (Å²) in [4.78, 5) is 0. The van der Waals surface area contributed by atoms with Crippen LogP contribution >= 0.6 is 7.82 Å². The average molecular weight is 162 g/mol. The molecule has 0 unspecified atom stereocenters. The van der Waals surface area contributed by atoms with Crippen molar-refractivity contribution in [2.75, 3.05) is 13.2 Å². The molecule has 0 atom stereocenters. The lowest BCUT2D eigenvalue weighted by Crippen LogP contribution is -2.08. The van der Waals surface area contributed by atoms with E-state index in [-0.39, 0.29) is 0 Å². The standard InChI is InChI=1S/C5H7O4P/c1-2-7-10(6)8-4-3-5-9-10/h1H,3-5H2. The van der Waals surface area contributed by atoms with Crippen molar-refractivity contribution in [1.82, 2.24) is 0 Å². The molecule has 5 heteroatoms. The smallest absolute Gasteiger partial charge is 0.350 e. The van der Waals surface area contributed by atoms with Gasteiger partial charge in [-0.3, -0.25) is 9.05 Å². The van der Waals surface area contributed by atoms with E-state index in [9.17, 15) is 4.57 Å². The Hall–Kier alpha value is -0.490. The summed E-state index contributed by atoms with van der Waals surface area (Å²) in [5, 5.41) is 0. The number of rotatable bonds is 1. The van der Waals surface area contributed by atoms with Crippen molar-refractivity contribution in [1.29, 1.82) is 0 Å². The van der Waals surface area contributed by atoms with Crippen molar-refractivity contribution in [3.63, 3.8) is 0 Å². The van der Waals surface area contributed by atoms with Crippen LogP contribution < -0.4 is 0 Å². The summed E-state index contributed by atoms with van der Waals surface area (Å²) in [6.07, 6.45) is 7.23. The molecule has 0 amide bonds. The first-order chi connectivity index (χ1) is 4.77. The third-order valence-corrected chi connectivity index (χ3v) is 2.28. The molecule has 1 rings (SSSR count). The highest BCUT2D eigenvalue weighted by Crippen LogP contribution is 2.51. The maximum atomic E-state index is 11.0. The number of phosphoric acid groups is 1. The van der Waals surface area contributed by atoms with E-state index in [0.29, 0.717) is 13.2 Å². The molecule has 0 spiro atoms. The number of phosphoric ester groups is 1. The van der Waals surface area contributed by atoms with Gasteiger partial charge in [0.2, 0.25) is 0 Å². The van der Waals surface area contributed by atoms with Crippen molar-refractivity contribution in [2.45, 2.75) is 6.42 Å². The molecular formula is C5H7O4P. The van der Waals surface area contributed by atoms with Crippen LogP contribution in [0.3, 0.4) is 0 Å². The first-order valence-corrected chi connectivity index (χ1v) is 4.26. The number of terminal acetylenes is 1. The van der Waals surface area contributed by atoms with Crippen LogP contribution in [-0.4, -0.2) is 13.2 Å². The van der Waals surface area contributed by atoms with E-state index < -0.39 is 7.82 Å². The second-order valence-corrected chi connectivity index (χ2v) is 3.27. The number of hydrogen-bond donors (Lipinski definition) is 0. The lowest BCUT2D eigenvalue weighted by atomic mass is 10.5. The second-order valence-electron chi connectivity index (χ2n) is 1.68. The van der Waals surface area contributed by atoms with E-state index in [0.717, 1.165) is 6.42 Å². The van der Waals surface area contributed by atoms with Gasteiger partial charge in [-0.05, 0) is 6.42 Å². The summed E-state index contributed by atoms with van der Waals surface area (Å²) < 4.78 is 24.7. The summed E-state index contributed by atoms with van der Waals surface area (Å²) in [7, 11) is -3.35. The molecule has 1 fully saturated rings. The molecule has 1 aliphatic heterocycles. The number of hydrogen-bond acceptors (Lipinski definition) is 4. The van der Waals surface area contributed by atoms with Gasteiger partial charge in [-0.2, -0.15) is 0 Å². The van der Waals surface area contributed by atoms with Crippen LogP contribution in [0.15, 0.2) is 0 Å². The van der Waals surface area contributed by atoms with Gasteiger partial charge in [0.05, 0.1) is 13.2 Å². The molecule has 0 aromatic heterocycles. The zero-order valence-electron chi connectivity index (χ0n) is 5.28. The summed E-state index contributed by atoms with van der Waals surface area (Å²) in [6.45, 7) is 0.748. The van der Waals surface area contributed by atoms with Gasteiger partial charge < -0.3 is 4.52 Å². The fourth-order valence-corrected chi connectivity index (χ4v) is 1.58. The van der Waals surface area contributed by atoms with Gasteiger partial charge in [-0.1, -0.05) is 6.42 Å². The van der Waals surface area contributed by atoms with E-state index in [2.05, 4.69) is 13.6 Å². The van der Waals surface area contributed by atoms with Crippen molar-refractivity contribution in [3.05, 3.63) is 0 Å². The van der Waals surface area contributed by atoms with Crippen molar-refractivity contribution < 1.29 is 18.1 Å². The molecule has 1 heterocycles. The lowest BCUT2D eigenvalue weighted by molar-refractivity contribution is 0.101. The fraction of sp³-hybridized carbons (Fsp3) is 0.600. The van der Waals surface area contributed by atoms with Gasteiger partial charge in [-0.25, -0.2) is 4.57 Å². The normalized spacial score (nSPS) is 23.1. The molecule has 56 valence electrons. The van der Waals surface area contributed by atoms with E-state index in [1.165, 1.54) is 0 Å². The Labute approximate surface area is 59.1 Å². The maximum Gasteiger partial charge on any atom is 0.538 e. The average Bonchev–Trinajstić information content (AvgIpc) is 1.89. The minimum Gasteiger partial charge on any atom is -0.350 e. The molecule has 0 aromatic carbocycles. The van der Waals surface area contributed by atoms with E-state index >= 15 is 0 Å². The van der Waals surface area contributed by atoms with Gasteiger partial charge in [0.1, 0.15) is 6.11 Å². The summed E-state index contributed by atoms with van der Waals surface area (Å²) >= 11 is 0. The van der Waals surface area contributed by atoms with Crippen molar-refractivity contribution in [2.24, 2.45) is 0 Å². The molecule has 0 radical (unpaired) electrons. The van der Waals surface area contributed by atoms with Crippen LogP contribution in [0, 0.1) is 12.5 Å². The predicted octanol–water partition coefficient (Wildman–Crippen LogP) is 1.14. The highest BCUT2D eigenvalue weighted by atomic mass is 31.2. The minimum atomic E-state index is -3.35. The zero-order chi connectivity index (χ0) is 7.45. The van der Waals surface area contributed by atoms with Crippen LogP contribution in [0.5, 0.6) is 0 Å². The molecular weight excluding hydrogens is 155 g/mol. The molecule has 0 saturated carbocycles. The van der Waals surface area contributed by atoms with Crippen LogP contribution in [-0.2, 0) is 18.1 Å². The molecule has 1 aliphatic rings. The first kappa shape index (κ1) is 7.62. The SMILES string of the molecule is C#COP1(=O)OCCCO1. The summed E-state index contributed by atoms with van der Waals surface area (Å²) in [6, 6.07) is 0. The first-order valence-electron chi connectivity index (χ1n) is 2.80. The Morgan fingerprint density at radius 1 is 1.50 bits per heavy atom. The van der Waals surface area contributed by atoms with Gasteiger partial charge in [0, 0.05) is 0 Å². The van der Waals surface area contributed by atoms with Gasteiger partial charge in [0.15, 0.2) is 0 Å². The van der Waals surface area contributed by atoms with Crippen LogP contribution in [0.4, 0.5) is 0 Å². The fourth-order valence-electron chi connectivity index (χ4n) is 0.566. The Balaban J connectivity index is 2.51. The monoisotopic (exact) mass is 162 g/mol. The van der Waals surface area contributed by atoms with E-state index in [1.54, 1.807) is 6.11 Å². The quantitative estimate of drug-likeness (QED) is 0.428. The highest BCUT2D eigenvalue weighted by molar-refractivity contribution is 7.48. The van der Waals surface area contributed by atoms with Crippen LogP contribution in [0.1, 0.15) is 6.42 Å². The Morgan fingerprint density at radius 2 is 2.10 bits per heavy atom. The van der Waals surface area contributed by atoms with E-state index in [1.807, 2.05) is 0 Å². The van der Waals surface area contributed by atoms with Crippen LogP contribution in [0.25, 0.3) is 0 Å². The Kier molecular flexibility index (Phi) is 2.34. The summed E-state index contributed by atoms with van der Waals surface area (Å²) in [5.74, 6) is 0. The molecule has 10 heavy (non-hydrogen) atoms. The molecule has 0 N–H and O–H groups in total. The second kappa shape index (κ2) is 3.07. The summed E-state index contributed by atoms with van der Waals surface area (Å²) in [5.41, 5.74) is 0. The third kappa shape index (κ3) is 1.74. The molecule has 0 bridgehead atoms. The zero-order valence-corrected chi connectivity index (χ0v) is 6.17. The van der Waals surface area contributed by atoms with Crippen molar-refractivity contribution >= 4 is 7.82 Å². The van der Waals surface area contributed by atoms with Gasteiger partial charge in [-0.15, -0.1) is 0 Å². The van der Waals surface area contributed by atoms with Crippen LogP contribution in [0.2, 0.25) is 0 Å². The Bertz CT molecular complexity index is 184. The largest absolute Gasteiger partial charge is 0.538 e. The molecule has 0 aromatic rings. The van der Waals surface area contributed by atoms with Gasteiger partial charge >= 0.3 is 7.82 Å². The topological polar surface area (TPSA) is 44.8 Å². The van der Waals surface area contributed by atoms with Gasteiger partial charge in [0.25, 0.3) is 0 Å². The molecule has 0 aliphatic carbocycles. The maximum absolute atomic E-state index is 11.0. The Morgan fingerprint density at radius 3 is 2.60 bits per heavy atom. The van der Waals surface area contributed by atoms with Crippen molar-refractivity contribution in [3.8, 4) is 12.5 Å².